The number of hydrogen-bond donors (Lipinski definition) is 1. The molecule has 0 saturated heterocycles. The summed E-state index contributed by atoms with van der Waals surface area (Å²) in [6.07, 6.45) is 5.24. The van der Waals surface area contributed by atoms with Crippen LogP contribution in [0.4, 0.5) is 5.82 Å². The van der Waals surface area contributed by atoms with Crippen molar-refractivity contribution in [3.8, 4) is 11.6 Å². The van der Waals surface area contributed by atoms with Crippen molar-refractivity contribution in [2.45, 2.75) is 38.6 Å². The molecule has 1 aromatic carbocycles. The Bertz CT molecular complexity index is 850. The maximum absolute atomic E-state index is 5.87. The van der Waals surface area contributed by atoms with E-state index in [2.05, 4.69) is 46.0 Å². The second kappa shape index (κ2) is 8.65. The fraction of sp³-hybridized carbons (Fsp3) is 0.435. The lowest BCUT2D eigenvalue weighted by atomic mass is 9.99. The van der Waals surface area contributed by atoms with E-state index in [0.29, 0.717) is 12.5 Å². The Balaban J connectivity index is 1.19. The number of nitrogens with zero attached hydrogens (tertiary/aromatic N) is 2. The zero-order chi connectivity index (χ0) is 19.3. The van der Waals surface area contributed by atoms with E-state index in [0.717, 1.165) is 69.0 Å². The molecule has 0 amide bonds. The minimum Gasteiger partial charge on any atom is -0.497 e. The third kappa shape index (κ3) is 4.47. The van der Waals surface area contributed by atoms with Crippen molar-refractivity contribution in [1.29, 1.82) is 0 Å². The first-order chi connectivity index (χ1) is 13.7. The largest absolute Gasteiger partial charge is 0.497 e. The summed E-state index contributed by atoms with van der Waals surface area (Å²) in [6.45, 7) is 7.95. The molecule has 148 valence electrons. The van der Waals surface area contributed by atoms with Crippen LogP contribution in [0.15, 0.2) is 42.6 Å². The van der Waals surface area contributed by atoms with Gasteiger partial charge in [-0.1, -0.05) is 12.6 Å². The lowest BCUT2D eigenvalue weighted by Gasteiger charge is -2.29. The molecule has 0 unspecified atom stereocenters. The summed E-state index contributed by atoms with van der Waals surface area (Å²) in [6, 6.07) is 10.5. The number of nitrogens with one attached hydrogen (secondary N) is 1. The normalized spacial score (nSPS) is 16.1. The molecule has 5 heteroatoms. The van der Waals surface area contributed by atoms with Crippen LogP contribution in [-0.4, -0.2) is 36.7 Å². The highest BCUT2D eigenvalue weighted by Crippen LogP contribution is 2.26. The number of hydrogen-bond acceptors (Lipinski definition) is 5. The van der Waals surface area contributed by atoms with Gasteiger partial charge >= 0.3 is 0 Å². The van der Waals surface area contributed by atoms with Crippen LogP contribution in [-0.2, 0) is 19.4 Å². The van der Waals surface area contributed by atoms with Gasteiger partial charge in [-0.15, -0.1) is 0 Å². The molecule has 3 heterocycles. The summed E-state index contributed by atoms with van der Waals surface area (Å²) in [5, 5.41) is 3.26. The van der Waals surface area contributed by atoms with Gasteiger partial charge in [-0.2, -0.15) is 4.98 Å². The summed E-state index contributed by atoms with van der Waals surface area (Å²) in [5.41, 5.74) is 5.12. The molecule has 0 saturated carbocycles. The van der Waals surface area contributed by atoms with Gasteiger partial charge in [0, 0.05) is 24.9 Å². The number of benzene rings is 1. The molecule has 5 nitrogen and oxygen atoms in total. The molecule has 1 aromatic heterocycles. The van der Waals surface area contributed by atoms with Gasteiger partial charge in [0.25, 0.3) is 0 Å². The maximum Gasteiger partial charge on any atom is 0.215 e. The van der Waals surface area contributed by atoms with E-state index in [1.54, 1.807) is 7.11 Å². The highest BCUT2D eigenvalue weighted by Gasteiger charge is 2.16. The third-order valence-corrected chi connectivity index (χ3v) is 5.57. The summed E-state index contributed by atoms with van der Waals surface area (Å²) in [7, 11) is 1.73. The van der Waals surface area contributed by atoms with Crippen molar-refractivity contribution in [1.82, 2.24) is 9.88 Å². The Morgan fingerprint density at radius 3 is 2.86 bits per heavy atom. The smallest absolute Gasteiger partial charge is 0.215 e. The standard InChI is InChI=1S/C23H29N3O2/c1-17-5-6-18-8-10-22(25-23(18)24-17)28-14-4-3-12-26-13-11-19-15-21(27-2)9-7-20(19)16-26/h7-10,15H,1,3-6,11-14,16H2,2H3,(H,24,25). The number of unbranched alkanes of at least 4 members (excludes halogenated alkanes) is 1. The predicted octanol–water partition coefficient (Wildman–Crippen LogP) is 4.18. The SMILES string of the molecule is C=C1CCc2ccc(OCCCCN3CCc4cc(OC)ccc4C3)nc2N1. The third-order valence-electron chi connectivity index (χ3n) is 5.57. The second-order valence-electron chi connectivity index (χ2n) is 7.60. The van der Waals surface area contributed by atoms with E-state index in [9.17, 15) is 0 Å². The first-order valence-corrected chi connectivity index (χ1v) is 10.2. The van der Waals surface area contributed by atoms with Crippen LogP contribution in [0.2, 0.25) is 0 Å². The molecule has 0 aliphatic carbocycles. The van der Waals surface area contributed by atoms with Crippen molar-refractivity contribution in [2.75, 3.05) is 32.1 Å². The Morgan fingerprint density at radius 1 is 1.07 bits per heavy atom. The highest BCUT2D eigenvalue weighted by atomic mass is 16.5. The summed E-state index contributed by atoms with van der Waals surface area (Å²) >= 11 is 0. The lowest BCUT2D eigenvalue weighted by Crippen LogP contribution is -2.31. The number of rotatable bonds is 7. The van der Waals surface area contributed by atoms with Gasteiger partial charge in [0.1, 0.15) is 11.6 Å². The van der Waals surface area contributed by atoms with Crippen LogP contribution in [0.1, 0.15) is 36.0 Å². The number of anilines is 1. The van der Waals surface area contributed by atoms with Crippen molar-refractivity contribution in [2.24, 2.45) is 0 Å². The Hall–Kier alpha value is -2.53. The molecule has 0 atom stereocenters. The molecule has 1 N–H and O–H groups in total. The Morgan fingerprint density at radius 2 is 1.96 bits per heavy atom. The van der Waals surface area contributed by atoms with Gasteiger partial charge in [0.2, 0.25) is 5.88 Å². The molecule has 28 heavy (non-hydrogen) atoms. The fourth-order valence-electron chi connectivity index (χ4n) is 3.90. The first kappa shape index (κ1) is 18.8. The Labute approximate surface area is 167 Å². The van der Waals surface area contributed by atoms with E-state index in [1.165, 1.54) is 16.7 Å². The Kier molecular flexibility index (Phi) is 5.81. The van der Waals surface area contributed by atoms with Crippen LogP contribution in [0, 0.1) is 0 Å². The maximum atomic E-state index is 5.87. The van der Waals surface area contributed by atoms with Gasteiger partial charge in [0.15, 0.2) is 0 Å². The number of allylic oxidation sites excluding steroid dienone is 1. The van der Waals surface area contributed by atoms with Gasteiger partial charge in [-0.25, -0.2) is 0 Å². The van der Waals surface area contributed by atoms with Crippen LogP contribution in [0.3, 0.4) is 0 Å². The fourth-order valence-corrected chi connectivity index (χ4v) is 3.90. The first-order valence-electron chi connectivity index (χ1n) is 10.2. The molecule has 0 bridgehead atoms. The van der Waals surface area contributed by atoms with Crippen LogP contribution >= 0.6 is 0 Å². The molecular formula is C23H29N3O2. The predicted molar refractivity (Wildman–Crippen MR) is 112 cm³/mol. The van der Waals surface area contributed by atoms with Gasteiger partial charge in [0.05, 0.1) is 13.7 Å². The summed E-state index contributed by atoms with van der Waals surface area (Å²) in [4.78, 5) is 7.10. The van der Waals surface area contributed by atoms with Crippen molar-refractivity contribution in [3.63, 3.8) is 0 Å². The summed E-state index contributed by atoms with van der Waals surface area (Å²) in [5.74, 6) is 2.55. The molecule has 0 fully saturated rings. The average Bonchev–Trinajstić information content (AvgIpc) is 2.72. The topological polar surface area (TPSA) is 46.6 Å². The van der Waals surface area contributed by atoms with Crippen LogP contribution in [0.25, 0.3) is 0 Å². The van der Waals surface area contributed by atoms with Crippen molar-refractivity contribution >= 4 is 5.82 Å². The molecule has 4 rings (SSSR count). The summed E-state index contributed by atoms with van der Waals surface area (Å²) < 4.78 is 11.2. The lowest BCUT2D eigenvalue weighted by molar-refractivity contribution is 0.233. The molecule has 0 spiro atoms. The number of aromatic nitrogens is 1. The number of methoxy groups -OCH3 is 1. The van der Waals surface area contributed by atoms with Crippen molar-refractivity contribution in [3.05, 3.63) is 59.3 Å². The van der Waals surface area contributed by atoms with E-state index in [1.807, 2.05) is 6.07 Å². The molecule has 0 radical (unpaired) electrons. The number of ether oxygens (including phenoxy) is 2. The number of pyridine rings is 1. The molecule has 2 aromatic rings. The minimum atomic E-state index is 0.696. The van der Waals surface area contributed by atoms with E-state index in [-0.39, 0.29) is 0 Å². The highest BCUT2D eigenvalue weighted by molar-refractivity contribution is 5.53. The number of fused-ring (bicyclic) bond motifs is 2. The van der Waals surface area contributed by atoms with E-state index in [4.69, 9.17) is 9.47 Å². The van der Waals surface area contributed by atoms with Gasteiger partial charge < -0.3 is 14.8 Å². The quantitative estimate of drug-likeness (QED) is 0.732. The van der Waals surface area contributed by atoms with Crippen LogP contribution in [0.5, 0.6) is 11.6 Å². The molecule has 2 aliphatic rings. The zero-order valence-electron chi connectivity index (χ0n) is 16.7. The monoisotopic (exact) mass is 379 g/mol. The van der Waals surface area contributed by atoms with Gasteiger partial charge in [-0.05, 0) is 73.5 Å². The van der Waals surface area contributed by atoms with E-state index < -0.39 is 0 Å². The minimum absolute atomic E-state index is 0.696. The van der Waals surface area contributed by atoms with Gasteiger partial charge in [-0.3, -0.25) is 4.90 Å². The van der Waals surface area contributed by atoms with Crippen LogP contribution < -0.4 is 14.8 Å². The van der Waals surface area contributed by atoms with Crippen molar-refractivity contribution < 1.29 is 9.47 Å². The zero-order valence-corrected chi connectivity index (χ0v) is 16.7. The second-order valence-corrected chi connectivity index (χ2v) is 7.60. The molecular weight excluding hydrogens is 350 g/mol. The van der Waals surface area contributed by atoms with E-state index >= 15 is 0 Å². The average molecular weight is 380 g/mol. The molecule has 2 aliphatic heterocycles. The number of aryl methyl sites for hydroxylation is 1.